The number of thioether (sulfide) groups is 1. The van der Waals surface area contributed by atoms with Gasteiger partial charge in [0.25, 0.3) is 5.22 Å². The van der Waals surface area contributed by atoms with Gasteiger partial charge in [0.2, 0.25) is 11.8 Å². The van der Waals surface area contributed by atoms with Crippen molar-refractivity contribution in [1.29, 1.82) is 0 Å². The number of amides is 1. The van der Waals surface area contributed by atoms with Crippen molar-refractivity contribution in [2.45, 2.75) is 30.7 Å². The summed E-state index contributed by atoms with van der Waals surface area (Å²) >= 11 is 0.995. The minimum Gasteiger partial charge on any atom is -0.416 e. The van der Waals surface area contributed by atoms with Crippen molar-refractivity contribution in [3.8, 4) is 5.69 Å². The van der Waals surface area contributed by atoms with Crippen LogP contribution >= 0.6 is 11.8 Å². The summed E-state index contributed by atoms with van der Waals surface area (Å²) in [4.78, 5) is 16.3. The Hall–Kier alpha value is -3.67. The molecule has 0 saturated heterocycles. The van der Waals surface area contributed by atoms with Gasteiger partial charge in [-0.3, -0.25) is 4.79 Å². The molecule has 2 heterocycles. The lowest BCUT2D eigenvalue weighted by atomic mass is 9.98. The lowest BCUT2D eigenvalue weighted by molar-refractivity contribution is -0.137. The molecule has 4 aromatic rings. The fourth-order valence-electron chi connectivity index (χ4n) is 3.20. The van der Waals surface area contributed by atoms with E-state index >= 15 is 0 Å². The summed E-state index contributed by atoms with van der Waals surface area (Å²) in [6, 6.07) is 12.9. The van der Waals surface area contributed by atoms with E-state index in [0.29, 0.717) is 12.3 Å². The number of nitrogens with zero attached hydrogens (tertiary/aromatic N) is 5. The Morgan fingerprint density at radius 1 is 1.18 bits per heavy atom. The van der Waals surface area contributed by atoms with Crippen LogP contribution in [0, 0.1) is 0 Å². The number of hydrogen-bond donors (Lipinski definition) is 1. The highest BCUT2D eigenvalue weighted by atomic mass is 32.2. The zero-order chi connectivity index (χ0) is 24.1. The van der Waals surface area contributed by atoms with E-state index in [1.807, 2.05) is 37.3 Å². The molecule has 2 aromatic heterocycles. The van der Waals surface area contributed by atoms with Crippen LogP contribution in [0.25, 0.3) is 5.69 Å². The van der Waals surface area contributed by atoms with Crippen molar-refractivity contribution in [3.63, 3.8) is 0 Å². The minimum atomic E-state index is -4.56. The summed E-state index contributed by atoms with van der Waals surface area (Å²) in [5, 5.41) is 14.6. The van der Waals surface area contributed by atoms with Crippen LogP contribution in [0.1, 0.15) is 29.9 Å². The van der Waals surface area contributed by atoms with Crippen molar-refractivity contribution >= 4 is 23.4 Å². The van der Waals surface area contributed by atoms with Gasteiger partial charge in [-0.15, -0.1) is 10.2 Å². The van der Waals surface area contributed by atoms with Crippen LogP contribution in [0.5, 0.6) is 0 Å². The molecule has 176 valence electrons. The largest absolute Gasteiger partial charge is 0.416 e. The Bertz CT molecular complexity index is 1250. The molecule has 4 rings (SSSR count). The van der Waals surface area contributed by atoms with Crippen LogP contribution in [0.3, 0.4) is 0 Å². The van der Waals surface area contributed by atoms with Gasteiger partial charge in [0, 0.05) is 6.42 Å². The molecule has 0 fully saturated rings. The molecule has 0 aliphatic rings. The third kappa shape index (κ3) is 5.81. The fraction of sp³-hybridized carbons (Fsp3) is 0.227. The van der Waals surface area contributed by atoms with Crippen molar-refractivity contribution in [2.24, 2.45) is 0 Å². The Balaban J connectivity index is 1.40. The van der Waals surface area contributed by atoms with Gasteiger partial charge in [0.05, 0.1) is 22.7 Å². The van der Waals surface area contributed by atoms with Crippen LogP contribution in [0.4, 0.5) is 18.9 Å². The highest BCUT2D eigenvalue weighted by Gasteiger charge is 2.31. The third-order valence-corrected chi connectivity index (χ3v) is 5.71. The lowest BCUT2D eigenvalue weighted by Crippen LogP contribution is -2.17. The van der Waals surface area contributed by atoms with Gasteiger partial charge in [-0.05, 0) is 29.7 Å². The third-order valence-electron chi connectivity index (χ3n) is 4.89. The van der Waals surface area contributed by atoms with E-state index in [2.05, 4.69) is 25.6 Å². The first-order valence-electron chi connectivity index (χ1n) is 10.2. The fourth-order valence-corrected chi connectivity index (χ4v) is 3.78. The molecule has 0 spiro atoms. The topological polar surface area (TPSA) is 98.7 Å². The maximum atomic E-state index is 13.2. The van der Waals surface area contributed by atoms with Crippen LogP contribution in [-0.4, -0.2) is 36.6 Å². The van der Waals surface area contributed by atoms with Gasteiger partial charge in [-0.1, -0.05) is 49.0 Å². The molecule has 1 N–H and O–H groups in total. The number of hydrogen-bond acceptors (Lipinski definition) is 7. The molecule has 0 bridgehead atoms. The highest BCUT2D eigenvalue weighted by Crippen LogP contribution is 2.33. The number of carbonyl (C=O) groups is 1. The van der Waals surface area contributed by atoms with Crippen molar-refractivity contribution in [1.82, 2.24) is 25.0 Å². The molecule has 0 aliphatic carbocycles. The average molecular weight is 488 g/mol. The van der Waals surface area contributed by atoms with E-state index in [1.54, 1.807) is 0 Å². The first-order valence-corrected chi connectivity index (χ1v) is 11.1. The quantitative estimate of drug-likeness (QED) is 0.358. The van der Waals surface area contributed by atoms with Crippen molar-refractivity contribution in [2.75, 3.05) is 11.1 Å². The number of nitrogens with one attached hydrogen (secondary N) is 1. The standard InChI is InChI=1S/C22H19F3N6O2S/c1-14(15-5-3-2-4-6-15)9-20-29-30-21(33-20)34-11-19(32)28-17-10-16(22(23,24)25)7-8-18(17)31-13-26-12-27-31/h2-8,10,12-14H,9,11H2,1H3,(H,28,32). The Morgan fingerprint density at radius 3 is 2.68 bits per heavy atom. The monoisotopic (exact) mass is 488 g/mol. The SMILES string of the molecule is CC(Cc1nnc(SCC(=O)Nc2cc(C(F)(F)F)ccc2-n2cncn2)o1)c1ccccc1. The smallest absolute Gasteiger partial charge is 0.416 e. The Kier molecular flexibility index (Phi) is 6.96. The van der Waals surface area contributed by atoms with Crippen LogP contribution in [-0.2, 0) is 17.4 Å². The number of anilines is 1. The molecule has 1 unspecified atom stereocenters. The highest BCUT2D eigenvalue weighted by molar-refractivity contribution is 7.99. The molecule has 0 aliphatic heterocycles. The number of carbonyl (C=O) groups excluding carboxylic acids is 1. The zero-order valence-corrected chi connectivity index (χ0v) is 18.7. The van der Waals surface area contributed by atoms with Crippen LogP contribution < -0.4 is 5.32 Å². The summed E-state index contributed by atoms with van der Waals surface area (Å²) in [7, 11) is 0. The molecule has 0 saturated carbocycles. The summed E-state index contributed by atoms with van der Waals surface area (Å²) in [5.74, 6) is -0.0734. The Morgan fingerprint density at radius 2 is 1.97 bits per heavy atom. The molecule has 2 aromatic carbocycles. The van der Waals surface area contributed by atoms with Gasteiger partial charge in [0.15, 0.2) is 0 Å². The second-order valence-corrected chi connectivity index (χ2v) is 8.31. The number of benzene rings is 2. The molecular formula is C22H19F3N6O2S. The summed E-state index contributed by atoms with van der Waals surface area (Å²) in [6.45, 7) is 2.04. The molecule has 34 heavy (non-hydrogen) atoms. The molecule has 1 atom stereocenters. The van der Waals surface area contributed by atoms with E-state index in [0.717, 1.165) is 29.5 Å². The first kappa shape index (κ1) is 23.5. The van der Waals surface area contributed by atoms with E-state index in [-0.39, 0.29) is 28.3 Å². The normalized spacial score (nSPS) is 12.5. The van der Waals surface area contributed by atoms with Gasteiger partial charge in [-0.25, -0.2) is 9.67 Å². The van der Waals surface area contributed by atoms with E-state index in [1.165, 1.54) is 23.4 Å². The van der Waals surface area contributed by atoms with Crippen LogP contribution in [0.2, 0.25) is 0 Å². The maximum Gasteiger partial charge on any atom is 0.416 e. The number of rotatable bonds is 8. The van der Waals surface area contributed by atoms with Crippen molar-refractivity contribution in [3.05, 3.63) is 78.2 Å². The lowest BCUT2D eigenvalue weighted by Gasteiger charge is -2.14. The second kappa shape index (κ2) is 10.1. The van der Waals surface area contributed by atoms with Gasteiger partial charge in [-0.2, -0.15) is 18.3 Å². The van der Waals surface area contributed by atoms with Crippen LogP contribution in [0.15, 0.2) is 70.8 Å². The maximum absolute atomic E-state index is 13.2. The first-order chi connectivity index (χ1) is 16.3. The predicted octanol–water partition coefficient (Wildman–Crippen LogP) is 4.75. The van der Waals surface area contributed by atoms with Crippen molar-refractivity contribution < 1.29 is 22.4 Å². The summed E-state index contributed by atoms with van der Waals surface area (Å²) in [5.41, 5.74) is 0.444. The summed E-state index contributed by atoms with van der Waals surface area (Å²) in [6.07, 6.45) is -1.46. The van der Waals surface area contributed by atoms with Gasteiger partial charge in [0.1, 0.15) is 12.7 Å². The number of halogens is 3. The van der Waals surface area contributed by atoms with E-state index in [9.17, 15) is 18.0 Å². The van der Waals surface area contributed by atoms with E-state index in [4.69, 9.17) is 4.42 Å². The van der Waals surface area contributed by atoms with Gasteiger partial charge < -0.3 is 9.73 Å². The molecular weight excluding hydrogens is 469 g/mol. The number of aromatic nitrogens is 5. The molecule has 8 nitrogen and oxygen atoms in total. The summed E-state index contributed by atoms with van der Waals surface area (Å²) < 4.78 is 46.4. The predicted molar refractivity (Wildman–Crippen MR) is 119 cm³/mol. The average Bonchev–Trinajstić information content (AvgIpc) is 3.50. The Labute approximate surface area is 196 Å². The second-order valence-electron chi connectivity index (χ2n) is 7.38. The number of alkyl halides is 3. The van der Waals surface area contributed by atoms with E-state index < -0.39 is 17.6 Å². The molecule has 12 heteroatoms. The zero-order valence-electron chi connectivity index (χ0n) is 17.9. The molecule has 0 radical (unpaired) electrons. The minimum absolute atomic E-state index is 0.0474. The van der Waals surface area contributed by atoms with Gasteiger partial charge >= 0.3 is 6.18 Å². The molecule has 1 amide bonds.